The number of nitrogens with one attached hydrogen (secondary N) is 3. The highest BCUT2D eigenvalue weighted by Crippen LogP contribution is 2.30. The van der Waals surface area contributed by atoms with Crippen LogP contribution in [0.1, 0.15) is 79.6 Å². The van der Waals surface area contributed by atoms with Gasteiger partial charge in [0.25, 0.3) is 0 Å². The van der Waals surface area contributed by atoms with Crippen LogP contribution in [0.2, 0.25) is 0 Å². The molecule has 5 rings (SSSR count). The van der Waals surface area contributed by atoms with Gasteiger partial charge in [0, 0.05) is 29.6 Å². The van der Waals surface area contributed by atoms with Crippen LogP contribution in [-0.4, -0.2) is 68.3 Å². The second-order valence-electron chi connectivity index (χ2n) is 14.0. The van der Waals surface area contributed by atoms with Gasteiger partial charge in [-0.05, 0) is 49.1 Å². The van der Waals surface area contributed by atoms with Gasteiger partial charge in [-0.2, -0.15) is 0 Å². The molecule has 11 nitrogen and oxygen atoms in total. The summed E-state index contributed by atoms with van der Waals surface area (Å²) in [6.07, 6.45) is 2.75. The molecule has 4 atom stereocenters. The molecule has 0 aliphatic heterocycles. The molecule has 0 saturated heterocycles. The van der Waals surface area contributed by atoms with Crippen molar-refractivity contribution in [1.82, 2.24) is 30.8 Å². The van der Waals surface area contributed by atoms with Crippen molar-refractivity contribution in [3.05, 3.63) is 104 Å². The predicted octanol–water partition coefficient (Wildman–Crippen LogP) is 6.44. The first kappa shape index (κ1) is 38.9. The monoisotopic (exact) mass is 746 g/mol. The molecule has 2 aromatic heterocycles. The van der Waals surface area contributed by atoms with Crippen molar-refractivity contribution in [2.45, 2.75) is 109 Å². The maximum Gasteiger partial charge on any atom is 0.407 e. The quantitative estimate of drug-likeness (QED) is 0.0918. The van der Waals surface area contributed by atoms with Crippen LogP contribution in [0.15, 0.2) is 77.8 Å². The summed E-state index contributed by atoms with van der Waals surface area (Å²) in [6.45, 7) is 8.45. The van der Waals surface area contributed by atoms with E-state index in [0.29, 0.717) is 25.3 Å². The topological polar surface area (TPSA) is 146 Å². The number of rotatable bonds is 18. The summed E-state index contributed by atoms with van der Waals surface area (Å²) in [6, 6.07) is 17.1. The van der Waals surface area contributed by atoms with Crippen molar-refractivity contribution in [3.8, 4) is 0 Å². The first-order chi connectivity index (χ1) is 25.0. The minimum atomic E-state index is -1.05. The highest BCUT2D eigenvalue weighted by molar-refractivity contribution is 7.09. The molecule has 0 radical (unpaired) electrons. The first-order valence-electron chi connectivity index (χ1n) is 17.9. The first-order valence-corrected chi connectivity index (χ1v) is 19.7. The van der Waals surface area contributed by atoms with Crippen molar-refractivity contribution in [2.75, 3.05) is 0 Å². The molecular weight excluding hydrogens is 697 g/mol. The van der Waals surface area contributed by atoms with Crippen LogP contribution in [0.5, 0.6) is 0 Å². The van der Waals surface area contributed by atoms with Gasteiger partial charge in [-0.1, -0.05) is 88.4 Å². The van der Waals surface area contributed by atoms with Gasteiger partial charge in [-0.15, -0.1) is 22.7 Å². The zero-order valence-corrected chi connectivity index (χ0v) is 31.9. The molecule has 0 unspecified atom stereocenters. The number of thiazole rings is 2. The van der Waals surface area contributed by atoms with Crippen molar-refractivity contribution >= 4 is 40.7 Å². The molecule has 2 aromatic carbocycles. The normalized spacial score (nSPS) is 15.1. The SMILES string of the molecule is CC(C)c1nc(CN(C(=O)N[C@H](C(=O)N[C@@H](Cc2ccccc2)[C@@H](O)C[C@H](Cc2ccccc2)NC(=O)OCc2cncs2)C(C)C)C2CC2)cs1. The molecule has 52 heavy (non-hydrogen) atoms. The van der Waals surface area contributed by atoms with E-state index >= 15 is 0 Å². The van der Waals surface area contributed by atoms with Crippen molar-refractivity contribution < 1.29 is 24.2 Å². The van der Waals surface area contributed by atoms with Gasteiger partial charge in [0.05, 0.1) is 39.8 Å². The van der Waals surface area contributed by atoms with E-state index in [0.717, 1.165) is 39.5 Å². The number of alkyl carbamates (subject to hydrolysis) is 1. The lowest BCUT2D eigenvalue weighted by atomic mass is 9.93. The summed E-state index contributed by atoms with van der Waals surface area (Å²) >= 11 is 2.99. The fraction of sp³-hybridized carbons (Fsp3) is 0.462. The number of hydrogen-bond acceptors (Lipinski definition) is 9. The van der Waals surface area contributed by atoms with Gasteiger partial charge in [-0.25, -0.2) is 14.6 Å². The van der Waals surface area contributed by atoms with Crippen LogP contribution < -0.4 is 16.0 Å². The largest absolute Gasteiger partial charge is 0.444 e. The summed E-state index contributed by atoms with van der Waals surface area (Å²) in [7, 11) is 0. The average molecular weight is 747 g/mol. The minimum absolute atomic E-state index is 0.0903. The molecule has 1 aliphatic rings. The van der Waals surface area contributed by atoms with Crippen molar-refractivity contribution in [2.24, 2.45) is 5.92 Å². The lowest BCUT2D eigenvalue weighted by Gasteiger charge is -2.31. The minimum Gasteiger partial charge on any atom is -0.444 e. The van der Waals surface area contributed by atoms with E-state index < -0.39 is 30.3 Å². The lowest BCUT2D eigenvalue weighted by Crippen LogP contribution is -2.57. The Morgan fingerprint density at radius 3 is 2.17 bits per heavy atom. The summed E-state index contributed by atoms with van der Waals surface area (Å²) in [5.74, 6) is -0.305. The molecule has 0 bridgehead atoms. The number of aliphatic hydroxyl groups is 1. The van der Waals surface area contributed by atoms with Crippen LogP contribution in [0.25, 0.3) is 0 Å². The summed E-state index contributed by atoms with van der Waals surface area (Å²) in [4.78, 5) is 52.1. The average Bonchev–Trinajstić information content (AvgIpc) is 3.60. The third-order valence-electron chi connectivity index (χ3n) is 8.96. The number of hydrogen-bond donors (Lipinski definition) is 4. The van der Waals surface area contributed by atoms with E-state index in [1.54, 1.807) is 27.9 Å². The zero-order chi connectivity index (χ0) is 37.0. The zero-order valence-electron chi connectivity index (χ0n) is 30.2. The molecule has 4 N–H and O–H groups in total. The van der Waals surface area contributed by atoms with Crippen LogP contribution in [0.3, 0.4) is 0 Å². The Bertz CT molecular complexity index is 1700. The number of aromatic nitrogens is 2. The molecule has 4 aromatic rings. The Labute approximate surface area is 314 Å². The number of aliphatic hydroxyl groups excluding tert-OH is 1. The number of amides is 4. The van der Waals surface area contributed by atoms with Crippen LogP contribution in [0, 0.1) is 5.92 Å². The highest BCUT2D eigenvalue weighted by atomic mass is 32.1. The van der Waals surface area contributed by atoms with Gasteiger partial charge in [0.1, 0.15) is 12.6 Å². The predicted molar refractivity (Wildman–Crippen MR) is 204 cm³/mol. The molecule has 0 spiro atoms. The van der Waals surface area contributed by atoms with Crippen molar-refractivity contribution in [3.63, 3.8) is 0 Å². The standard InChI is InChI=1S/C39H50N6O5S2/c1-25(2)35(44-38(48)45(31-15-16-31)21-30-23-51-37(41-30)26(3)4)36(47)43-33(18-28-13-9-6-10-14-28)34(46)19-29(17-27-11-7-5-8-12-27)42-39(49)50-22-32-20-40-24-52-32/h5-14,20,23-26,29,31,33-35,46H,15-19,21-22H2,1-4H3,(H,42,49)(H,43,47)(H,44,48)/t29-,33-,34-,35-/m0/s1. The Hall–Kier alpha value is -4.33. The van der Waals surface area contributed by atoms with E-state index in [9.17, 15) is 19.5 Å². The summed E-state index contributed by atoms with van der Waals surface area (Å²) in [5.41, 5.74) is 4.43. The maximum atomic E-state index is 14.1. The molecule has 1 fully saturated rings. The summed E-state index contributed by atoms with van der Waals surface area (Å²) < 4.78 is 5.46. The molecular formula is C39H50N6O5S2. The lowest BCUT2D eigenvalue weighted by molar-refractivity contribution is -0.125. The smallest absolute Gasteiger partial charge is 0.407 e. The Balaban J connectivity index is 1.29. The van der Waals surface area contributed by atoms with Crippen LogP contribution in [0.4, 0.5) is 9.59 Å². The van der Waals surface area contributed by atoms with E-state index in [1.807, 2.05) is 79.9 Å². The Morgan fingerprint density at radius 2 is 1.60 bits per heavy atom. The number of carbonyl (C=O) groups is 3. The third kappa shape index (κ3) is 11.9. The summed E-state index contributed by atoms with van der Waals surface area (Å²) in [5, 5.41) is 23.9. The van der Waals surface area contributed by atoms with Gasteiger partial charge in [0.2, 0.25) is 5.91 Å². The number of nitrogens with zero attached hydrogens (tertiary/aromatic N) is 3. The molecule has 4 amide bonds. The second-order valence-corrected chi connectivity index (χ2v) is 15.9. The van der Waals surface area contributed by atoms with Gasteiger partial charge < -0.3 is 30.7 Å². The molecule has 1 saturated carbocycles. The third-order valence-corrected chi connectivity index (χ3v) is 10.9. The Kier molecular flexibility index (Phi) is 14.2. The highest BCUT2D eigenvalue weighted by Gasteiger charge is 2.36. The number of urea groups is 1. The van der Waals surface area contributed by atoms with Crippen LogP contribution in [-0.2, 0) is 35.5 Å². The Morgan fingerprint density at radius 1 is 0.923 bits per heavy atom. The van der Waals surface area contributed by atoms with E-state index in [1.165, 1.54) is 11.3 Å². The molecule has 13 heteroatoms. The molecule has 2 heterocycles. The maximum absolute atomic E-state index is 14.1. The number of benzene rings is 2. The second kappa shape index (κ2) is 19.0. The van der Waals surface area contributed by atoms with Crippen molar-refractivity contribution in [1.29, 1.82) is 0 Å². The molecule has 278 valence electrons. The van der Waals surface area contributed by atoms with E-state index in [4.69, 9.17) is 9.72 Å². The number of ether oxygens (including phenoxy) is 1. The van der Waals surface area contributed by atoms with Crippen LogP contribution >= 0.6 is 22.7 Å². The number of carbonyl (C=O) groups excluding carboxylic acids is 3. The van der Waals surface area contributed by atoms with Gasteiger partial charge in [-0.3, -0.25) is 9.78 Å². The van der Waals surface area contributed by atoms with E-state index in [-0.39, 0.29) is 36.9 Å². The van der Waals surface area contributed by atoms with Gasteiger partial charge >= 0.3 is 12.1 Å². The van der Waals surface area contributed by atoms with Gasteiger partial charge in [0.15, 0.2) is 0 Å². The van der Waals surface area contributed by atoms with E-state index in [2.05, 4.69) is 34.8 Å². The molecule has 1 aliphatic carbocycles. The fourth-order valence-corrected chi connectivity index (χ4v) is 7.30. The fourth-order valence-electron chi connectivity index (χ4n) is 5.97.